The van der Waals surface area contributed by atoms with Crippen molar-refractivity contribution in [3.8, 4) is 0 Å². The maximum Gasteiger partial charge on any atom is 0.251 e. The number of rotatable bonds is 3. The van der Waals surface area contributed by atoms with E-state index in [0.29, 0.717) is 17.8 Å². The van der Waals surface area contributed by atoms with Crippen LogP contribution in [-0.4, -0.2) is 5.91 Å². The van der Waals surface area contributed by atoms with Gasteiger partial charge in [0.25, 0.3) is 5.91 Å². The maximum absolute atomic E-state index is 11.9. The molecule has 0 spiro atoms. The number of halogens is 1. The van der Waals surface area contributed by atoms with E-state index in [4.69, 9.17) is 5.73 Å². The molecule has 1 heterocycles. The third-order valence-corrected chi connectivity index (χ3v) is 3.86. The van der Waals surface area contributed by atoms with Crippen LogP contribution < -0.4 is 11.1 Å². The normalized spacial score (nSPS) is 10.3. The molecular formula is C13H13BrN2OS. The number of hydrogen-bond acceptors (Lipinski definition) is 3. The molecule has 0 fully saturated rings. The van der Waals surface area contributed by atoms with Gasteiger partial charge in [0.1, 0.15) is 0 Å². The van der Waals surface area contributed by atoms with Gasteiger partial charge in [-0.2, -0.15) is 0 Å². The van der Waals surface area contributed by atoms with Gasteiger partial charge in [-0.1, -0.05) is 15.9 Å². The molecule has 18 heavy (non-hydrogen) atoms. The summed E-state index contributed by atoms with van der Waals surface area (Å²) in [6, 6.07) is 9.25. The third kappa shape index (κ3) is 3.34. The standard InChI is InChI=1S/C13H13BrN2OS/c1-8-2-3-12(18-8)7-16-13(17)9-4-10(14)6-11(15)5-9/h2-6H,7,15H2,1H3,(H,16,17). The van der Waals surface area contributed by atoms with Gasteiger partial charge in [-0.05, 0) is 37.3 Å². The molecule has 0 aliphatic carbocycles. The van der Waals surface area contributed by atoms with Gasteiger partial charge in [-0.3, -0.25) is 4.79 Å². The zero-order valence-electron chi connectivity index (χ0n) is 9.87. The number of anilines is 1. The van der Waals surface area contributed by atoms with Gasteiger partial charge in [0.05, 0.1) is 6.54 Å². The first kappa shape index (κ1) is 13.1. The van der Waals surface area contributed by atoms with Gasteiger partial charge in [-0.25, -0.2) is 0 Å². The summed E-state index contributed by atoms with van der Waals surface area (Å²) >= 11 is 5.01. The molecule has 0 bridgehead atoms. The van der Waals surface area contributed by atoms with Crippen molar-refractivity contribution in [2.75, 3.05) is 5.73 Å². The fourth-order valence-electron chi connectivity index (χ4n) is 1.59. The minimum Gasteiger partial charge on any atom is -0.399 e. The lowest BCUT2D eigenvalue weighted by Crippen LogP contribution is -2.22. The Morgan fingerprint density at radius 1 is 1.39 bits per heavy atom. The highest BCUT2D eigenvalue weighted by atomic mass is 79.9. The van der Waals surface area contributed by atoms with Crippen LogP contribution >= 0.6 is 27.3 Å². The number of amides is 1. The average molecular weight is 325 g/mol. The summed E-state index contributed by atoms with van der Waals surface area (Å²) in [6.45, 7) is 2.59. The van der Waals surface area contributed by atoms with E-state index in [1.807, 2.05) is 19.1 Å². The smallest absolute Gasteiger partial charge is 0.251 e. The van der Waals surface area contributed by atoms with Crippen LogP contribution in [-0.2, 0) is 6.54 Å². The summed E-state index contributed by atoms with van der Waals surface area (Å²) in [7, 11) is 0. The van der Waals surface area contributed by atoms with Crippen molar-refractivity contribution < 1.29 is 4.79 Å². The molecule has 0 radical (unpaired) electrons. The van der Waals surface area contributed by atoms with Crippen LogP contribution in [0, 0.1) is 6.92 Å². The summed E-state index contributed by atoms with van der Waals surface area (Å²) in [5.41, 5.74) is 6.84. The Balaban J connectivity index is 2.03. The quantitative estimate of drug-likeness (QED) is 0.851. The number of thiophene rings is 1. The van der Waals surface area contributed by atoms with Crippen molar-refractivity contribution in [3.63, 3.8) is 0 Å². The molecule has 0 atom stereocenters. The lowest BCUT2D eigenvalue weighted by Gasteiger charge is -2.05. The third-order valence-electron chi connectivity index (χ3n) is 2.40. The average Bonchev–Trinajstić information content (AvgIpc) is 2.70. The van der Waals surface area contributed by atoms with E-state index in [0.717, 1.165) is 9.35 Å². The van der Waals surface area contributed by atoms with E-state index in [-0.39, 0.29) is 5.91 Å². The van der Waals surface area contributed by atoms with E-state index in [9.17, 15) is 4.79 Å². The number of nitrogens with one attached hydrogen (secondary N) is 1. The number of carbonyl (C=O) groups excluding carboxylic acids is 1. The predicted octanol–water partition coefficient (Wildman–Crippen LogP) is 3.33. The van der Waals surface area contributed by atoms with E-state index in [2.05, 4.69) is 21.2 Å². The highest BCUT2D eigenvalue weighted by Gasteiger charge is 2.07. The van der Waals surface area contributed by atoms with Crippen molar-refractivity contribution in [2.45, 2.75) is 13.5 Å². The number of hydrogen-bond donors (Lipinski definition) is 2. The molecule has 94 valence electrons. The van der Waals surface area contributed by atoms with E-state index < -0.39 is 0 Å². The first-order valence-corrected chi connectivity index (χ1v) is 7.05. The fourth-order valence-corrected chi connectivity index (χ4v) is 2.93. The molecule has 2 rings (SSSR count). The van der Waals surface area contributed by atoms with E-state index >= 15 is 0 Å². The second-order valence-electron chi connectivity index (χ2n) is 3.97. The number of aryl methyl sites for hydroxylation is 1. The molecule has 3 N–H and O–H groups in total. The van der Waals surface area contributed by atoms with Gasteiger partial charge in [-0.15, -0.1) is 11.3 Å². The van der Waals surface area contributed by atoms with Gasteiger partial charge in [0.2, 0.25) is 0 Å². The molecule has 5 heteroatoms. The summed E-state index contributed by atoms with van der Waals surface area (Å²) in [4.78, 5) is 14.3. The van der Waals surface area contributed by atoms with Crippen LogP contribution in [0.3, 0.4) is 0 Å². The zero-order valence-corrected chi connectivity index (χ0v) is 12.3. The molecule has 1 aromatic heterocycles. The molecule has 1 aromatic carbocycles. The van der Waals surface area contributed by atoms with Gasteiger partial charge < -0.3 is 11.1 Å². The second kappa shape index (κ2) is 5.54. The predicted molar refractivity (Wildman–Crippen MR) is 78.8 cm³/mol. The Morgan fingerprint density at radius 3 is 2.78 bits per heavy atom. The Labute approximate surface area is 118 Å². The number of benzene rings is 1. The molecule has 0 aliphatic heterocycles. The Bertz CT molecular complexity index is 560. The van der Waals surface area contributed by atoms with Gasteiger partial charge >= 0.3 is 0 Å². The van der Waals surface area contributed by atoms with Crippen molar-refractivity contribution in [1.82, 2.24) is 5.32 Å². The summed E-state index contributed by atoms with van der Waals surface area (Å²) < 4.78 is 0.805. The maximum atomic E-state index is 11.9. The van der Waals surface area contributed by atoms with Crippen molar-refractivity contribution in [3.05, 3.63) is 50.1 Å². The number of nitrogens with two attached hydrogens (primary N) is 1. The van der Waals surface area contributed by atoms with Gasteiger partial charge in [0.15, 0.2) is 0 Å². The van der Waals surface area contributed by atoms with E-state index in [1.54, 1.807) is 29.5 Å². The molecular weight excluding hydrogens is 312 g/mol. The van der Waals surface area contributed by atoms with Crippen LogP contribution in [0.25, 0.3) is 0 Å². The molecule has 0 saturated carbocycles. The fraction of sp³-hybridized carbons (Fsp3) is 0.154. The first-order valence-electron chi connectivity index (χ1n) is 5.44. The molecule has 0 aliphatic rings. The van der Waals surface area contributed by atoms with Crippen molar-refractivity contribution >= 4 is 38.9 Å². The van der Waals surface area contributed by atoms with Crippen molar-refractivity contribution in [2.24, 2.45) is 0 Å². The highest BCUT2D eigenvalue weighted by molar-refractivity contribution is 9.10. The SMILES string of the molecule is Cc1ccc(CNC(=O)c2cc(N)cc(Br)c2)s1. The molecule has 1 amide bonds. The molecule has 3 nitrogen and oxygen atoms in total. The van der Waals surface area contributed by atoms with Crippen LogP contribution in [0.2, 0.25) is 0 Å². The minimum absolute atomic E-state index is 0.117. The Hall–Kier alpha value is -1.33. The second-order valence-corrected chi connectivity index (χ2v) is 6.26. The Kier molecular flexibility index (Phi) is 4.04. The lowest BCUT2D eigenvalue weighted by atomic mass is 10.2. The number of nitrogen functional groups attached to an aromatic ring is 1. The summed E-state index contributed by atoms with van der Waals surface area (Å²) in [5, 5.41) is 2.88. The topological polar surface area (TPSA) is 55.1 Å². The minimum atomic E-state index is -0.117. The highest BCUT2D eigenvalue weighted by Crippen LogP contribution is 2.18. The van der Waals surface area contributed by atoms with Gasteiger partial charge in [0, 0.05) is 25.5 Å². The molecule has 0 saturated heterocycles. The largest absolute Gasteiger partial charge is 0.399 e. The zero-order chi connectivity index (χ0) is 13.1. The van der Waals surface area contributed by atoms with Crippen LogP contribution in [0.5, 0.6) is 0 Å². The Morgan fingerprint density at radius 2 is 2.17 bits per heavy atom. The number of carbonyl (C=O) groups is 1. The van der Waals surface area contributed by atoms with Crippen LogP contribution in [0.15, 0.2) is 34.8 Å². The summed E-state index contributed by atoms with van der Waals surface area (Å²) in [5.74, 6) is -0.117. The van der Waals surface area contributed by atoms with E-state index in [1.165, 1.54) is 4.88 Å². The first-order chi connectivity index (χ1) is 8.54. The lowest BCUT2D eigenvalue weighted by molar-refractivity contribution is 0.0951. The van der Waals surface area contributed by atoms with Crippen LogP contribution in [0.1, 0.15) is 20.1 Å². The van der Waals surface area contributed by atoms with Crippen LogP contribution in [0.4, 0.5) is 5.69 Å². The molecule has 0 unspecified atom stereocenters. The summed E-state index contributed by atoms with van der Waals surface area (Å²) in [6.07, 6.45) is 0. The molecule has 2 aromatic rings. The van der Waals surface area contributed by atoms with Crippen molar-refractivity contribution in [1.29, 1.82) is 0 Å². The monoisotopic (exact) mass is 324 g/mol.